The molecule has 4 nitrogen and oxygen atoms in total. The molecule has 0 aromatic heterocycles. The van der Waals surface area contributed by atoms with E-state index in [4.69, 9.17) is 4.52 Å². The molecular formula is C23H30N3OP. The van der Waals surface area contributed by atoms with Crippen LogP contribution >= 0.6 is 8.45 Å². The second-order valence-corrected chi connectivity index (χ2v) is 9.94. The molecule has 3 aliphatic heterocycles. The number of hydrogen-bond donors (Lipinski definition) is 0. The largest absolute Gasteiger partial charge is 0.325 e. The Hall–Kier alpha value is -1.45. The van der Waals surface area contributed by atoms with Crippen LogP contribution in [0.5, 0.6) is 0 Å². The Labute approximate surface area is 170 Å². The summed E-state index contributed by atoms with van der Waals surface area (Å²) in [7, 11) is -0.680. The van der Waals surface area contributed by atoms with Crippen LogP contribution in [0, 0.1) is 0 Å². The molecule has 3 saturated heterocycles. The van der Waals surface area contributed by atoms with E-state index < -0.39 is 8.45 Å². The summed E-state index contributed by atoms with van der Waals surface area (Å²) in [4.78, 5) is 2.62. The predicted molar refractivity (Wildman–Crippen MR) is 116 cm³/mol. The first-order valence-corrected chi connectivity index (χ1v) is 11.8. The molecule has 0 radical (unpaired) electrons. The van der Waals surface area contributed by atoms with Crippen LogP contribution in [-0.2, 0) is 11.1 Å². The van der Waals surface area contributed by atoms with Crippen molar-refractivity contribution >= 4 is 14.1 Å². The molecule has 5 rings (SSSR count). The van der Waals surface area contributed by atoms with Gasteiger partial charge in [0.2, 0.25) is 8.45 Å². The van der Waals surface area contributed by atoms with Gasteiger partial charge in [0.1, 0.15) is 0 Å². The lowest BCUT2D eigenvalue weighted by Gasteiger charge is -2.32. The van der Waals surface area contributed by atoms with E-state index in [-0.39, 0.29) is 0 Å². The highest BCUT2D eigenvalue weighted by molar-refractivity contribution is 7.52. The monoisotopic (exact) mass is 395 g/mol. The summed E-state index contributed by atoms with van der Waals surface area (Å²) in [5, 5.41) is 0. The summed E-state index contributed by atoms with van der Waals surface area (Å²) >= 11 is 0. The maximum Gasteiger partial charge on any atom is 0.218 e. The fourth-order valence-corrected chi connectivity index (χ4v) is 7.16. The van der Waals surface area contributed by atoms with E-state index in [1.54, 1.807) is 0 Å². The van der Waals surface area contributed by atoms with Crippen LogP contribution in [-0.4, -0.2) is 47.9 Å². The van der Waals surface area contributed by atoms with Gasteiger partial charge in [0.15, 0.2) is 0 Å². The molecule has 28 heavy (non-hydrogen) atoms. The van der Waals surface area contributed by atoms with Crippen molar-refractivity contribution in [2.24, 2.45) is 0 Å². The van der Waals surface area contributed by atoms with Gasteiger partial charge in [0, 0.05) is 37.4 Å². The van der Waals surface area contributed by atoms with Crippen LogP contribution in [0.25, 0.3) is 0 Å². The van der Waals surface area contributed by atoms with E-state index >= 15 is 0 Å². The topological polar surface area (TPSA) is 19.0 Å². The fraction of sp³-hybridized carbons (Fsp3) is 0.478. The molecule has 1 unspecified atom stereocenters. The molecule has 0 amide bonds. The van der Waals surface area contributed by atoms with Gasteiger partial charge in [0.05, 0.1) is 6.61 Å². The molecule has 0 bridgehead atoms. The van der Waals surface area contributed by atoms with Crippen LogP contribution in [0.3, 0.4) is 0 Å². The van der Waals surface area contributed by atoms with Gasteiger partial charge in [-0.05, 0) is 49.9 Å². The zero-order chi connectivity index (χ0) is 18.8. The zero-order valence-electron chi connectivity index (χ0n) is 16.5. The van der Waals surface area contributed by atoms with Crippen LogP contribution in [0.15, 0.2) is 60.7 Å². The molecule has 2 aromatic carbocycles. The minimum absolute atomic E-state index is 0.544. The lowest BCUT2D eigenvalue weighted by atomic mass is 10.2. The average molecular weight is 395 g/mol. The smallest absolute Gasteiger partial charge is 0.218 e. The molecule has 5 heteroatoms. The van der Waals surface area contributed by atoms with Gasteiger partial charge < -0.3 is 9.19 Å². The first kappa shape index (κ1) is 18.6. The third-order valence-electron chi connectivity index (χ3n) is 6.32. The number of nitrogens with zero attached hydrogens (tertiary/aromatic N) is 3. The summed E-state index contributed by atoms with van der Waals surface area (Å²) in [6.07, 6.45) is 5.17. The molecule has 2 aromatic rings. The van der Waals surface area contributed by atoms with Crippen molar-refractivity contribution in [3.63, 3.8) is 0 Å². The standard InChI is InChI=1S/C23H30N3OP/c1-3-9-20(10-4-1)17-24-15-7-14-23(24)19-27-28-25-16-8-13-22(25)18-26(28)21-11-5-2-6-12-21/h1-6,9-12,22-23H,7-8,13-19H2/t22-,23-,28?/m0/s1. The van der Waals surface area contributed by atoms with E-state index in [9.17, 15) is 0 Å². The normalized spacial score (nSPS) is 28.1. The number of rotatable bonds is 6. The van der Waals surface area contributed by atoms with Crippen molar-refractivity contribution in [2.45, 2.75) is 44.3 Å². The molecule has 3 atom stereocenters. The van der Waals surface area contributed by atoms with Gasteiger partial charge >= 0.3 is 0 Å². The van der Waals surface area contributed by atoms with Crippen molar-refractivity contribution in [2.75, 3.05) is 30.9 Å². The van der Waals surface area contributed by atoms with E-state index in [0.717, 1.165) is 19.7 Å². The maximum absolute atomic E-state index is 6.71. The Balaban J connectivity index is 1.26. The Morgan fingerprint density at radius 1 is 0.893 bits per heavy atom. The van der Waals surface area contributed by atoms with E-state index in [1.807, 2.05) is 0 Å². The SMILES string of the molecule is c1ccc(CN2CCC[C@H]2COP2N(c3ccccc3)C[C@@H]3CCCN32)cc1. The highest BCUT2D eigenvalue weighted by Gasteiger charge is 2.44. The second-order valence-electron chi connectivity index (χ2n) is 8.18. The fourth-order valence-electron chi connectivity index (χ4n) is 4.85. The lowest BCUT2D eigenvalue weighted by molar-refractivity contribution is 0.170. The lowest BCUT2D eigenvalue weighted by Crippen LogP contribution is -2.33. The summed E-state index contributed by atoms with van der Waals surface area (Å²) in [5.74, 6) is 0. The van der Waals surface area contributed by atoms with Gasteiger partial charge in [-0.1, -0.05) is 48.5 Å². The molecule has 3 heterocycles. The maximum atomic E-state index is 6.71. The van der Waals surface area contributed by atoms with Gasteiger partial charge in [-0.15, -0.1) is 0 Å². The molecule has 0 aliphatic carbocycles. The number of fused-ring (bicyclic) bond motifs is 1. The van der Waals surface area contributed by atoms with Crippen LogP contribution < -0.4 is 4.67 Å². The molecule has 3 aliphatic rings. The number of benzene rings is 2. The minimum atomic E-state index is -0.680. The number of anilines is 1. The third kappa shape index (κ3) is 3.84. The van der Waals surface area contributed by atoms with E-state index in [0.29, 0.717) is 12.1 Å². The van der Waals surface area contributed by atoms with Crippen LogP contribution in [0.4, 0.5) is 5.69 Å². The van der Waals surface area contributed by atoms with Crippen molar-refractivity contribution in [3.05, 3.63) is 66.2 Å². The zero-order valence-corrected chi connectivity index (χ0v) is 17.4. The highest BCUT2D eigenvalue weighted by atomic mass is 31.2. The summed E-state index contributed by atoms with van der Waals surface area (Å²) in [6.45, 7) is 5.40. The van der Waals surface area contributed by atoms with Crippen molar-refractivity contribution in [1.29, 1.82) is 0 Å². The van der Waals surface area contributed by atoms with Gasteiger partial charge in [-0.25, -0.2) is 4.67 Å². The van der Waals surface area contributed by atoms with Crippen molar-refractivity contribution in [3.8, 4) is 0 Å². The summed E-state index contributed by atoms with van der Waals surface area (Å²) < 4.78 is 11.9. The summed E-state index contributed by atoms with van der Waals surface area (Å²) in [6, 6.07) is 22.9. The number of likely N-dealkylation sites (tertiary alicyclic amines) is 1. The van der Waals surface area contributed by atoms with Gasteiger partial charge in [0.25, 0.3) is 0 Å². The van der Waals surface area contributed by atoms with Crippen LogP contribution in [0.1, 0.15) is 31.2 Å². The average Bonchev–Trinajstić information content (AvgIpc) is 3.45. The van der Waals surface area contributed by atoms with Crippen molar-refractivity contribution in [1.82, 2.24) is 9.57 Å². The molecule has 0 N–H and O–H groups in total. The molecule has 3 fully saturated rings. The Morgan fingerprint density at radius 2 is 1.64 bits per heavy atom. The molecular weight excluding hydrogens is 365 g/mol. The number of hydrogen-bond acceptors (Lipinski definition) is 4. The molecule has 0 spiro atoms. The second kappa shape index (κ2) is 8.51. The first-order chi connectivity index (χ1) is 13.9. The van der Waals surface area contributed by atoms with Gasteiger partial charge in [-0.3, -0.25) is 4.90 Å². The van der Waals surface area contributed by atoms with Crippen molar-refractivity contribution < 1.29 is 4.52 Å². The Morgan fingerprint density at radius 3 is 2.46 bits per heavy atom. The Bertz CT molecular complexity index is 759. The summed E-state index contributed by atoms with van der Waals surface area (Å²) in [5.41, 5.74) is 2.72. The highest BCUT2D eigenvalue weighted by Crippen LogP contribution is 2.57. The van der Waals surface area contributed by atoms with E-state index in [1.165, 1.54) is 50.0 Å². The molecule has 148 valence electrons. The number of para-hydroxylation sites is 1. The first-order valence-electron chi connectivity index (χ1n) is 10.7. The van der Waals surface area contributed by atoms with Crippen LogP contribution in [0.2, 0.25) is 0 Å². The predicted octanol–water partition coefficient (Wildman–Crippen LogP) is 4.88. The minimum Gasteiger partial charge on any atom is -0.325 e. The third-order valence-corrected chi connectivity index (χ3v) is 8.47. The quantitative estimate of drug-likeness (QED) is 0.649. The molecule has 0 saturated carbocycles. The van der Waals surface area contributed by atoms with E-state index in [2.05, 4.69) is 74.9 Å². The van der Waals surface area contributed by atoms with Gasteiger partial charge in [-0.2, -0.15) is 0 Å². The Kier molecular flexibility index (Phi) is 5.64.